The number of hydrogen-bond donors (Lipinski definition) is 1. The number of benzene rings is 1. The van der Waals surface area contributed by atoms with E-state index in [1.54, 1.807) is 7.11 Å². The maximum Gasteiger partial charge on any atom is 0.220 e. The Kier molecular flexibility index (Phi) is 7.01. The van der Waals surface area contributed by atoms with Gasteiger partial charge in [-0.2, -0.15) is 0 Å². The normalized spacial score (nSPS) is 10.3. The summed E-state index contributed by atoms with van der Waals surface area (Å²) in [6.07, 6.45) is 4.77. The van der Waals surface area contributed by atoms with Crippen LogP contribution in [0.3, 0.4) is 0 Å². The highest BCUT2D eigenvalue weighted by molar-refractivity contribution is 5.76. The molecule has 1 amide bonds. The van der Waals surface area contributed by atoms with E-state index in [4.69, 9.17) is 4.74 Å². The van der Waals surface area contributed by atoms with Crippen LogP contribution in [-0.2, 0) is 11.2 Å². The number of unbranched alkanes of at least 4 members (excludes halogenated alkanes) is 2. The number of carbonyl (C=O) groups is 1. The van der Waals surface area contributed by atoms with Gasteiger partial charge in [0.25, 0.3) is 0 Å². The molecule has 1 aromatic carbocycles. The van der Waals surface area contributed by atoms with Gasteiger partial charge in [0.15, 0.2) is 0 Å². The van der Waals surface area contributed by atoms with Gasteiger partial charge in [-0.05, 0) is 37.0 Å². The lowest BCUT2D eigenvalue weighted by Gasteiger charge is -2.08. The molecule has 0 radical (unpaired) electrons. The van der Waals surface area contributed by atoms with Crippen molar-refractivity contribution < 1.29 is 9.53 Å². The van der Waals surface area contributed by atoms with Crippen molar-refractivity contribution in [1.82, 2.24) is 5.32 Å². The van der Waals surface area contributed by atoms with Crippen LogP contribution in [0.15, 0.2) is 18.2 Å². The minimum Gasteiger partial charge on any atom is -0.496 e. The zero-order valence-electron chi connectivity index (χ0n) is 12.3. The molecule has 0 saturated carbocycles. The Bertz CT molecular complexity index is 402. The largest absolute Gasteiger partial charge is 0.496 e. The lowest BCUT2D eigenvalue weighted by molar-refractivity contribution is -0.121. The molecule has 1 rings (SSSR count). The zero-order chi connectivity index (χ0) is 14.1. The van der Waals surface area contributed by atoms with Crippen LogP contribution < -0.4 is 10.1 Å². The number of nitrogens with one attached hydrogen (secondary N) is 1. The highest BCUT2D eigenvalue weighted by Crippen LogP contribution is 2.19. The lowest BCUT2D eigenvalue weighted by atomic mass is 10.1. The van der Waals surface area contributed by atoms with Crippen molar-refractivity contribution in [3.05, 3.63) is 29.3 Å². The molecule has 0 fully saturated rings. The molecule has 0 aliphatic rings. The molecule has 0 bridgehead atoms. The molecule has 0 atom stereocenters. The molecule has 3 nitrogen and oxygen atoms in total. The standard InChI is InChI=1S/C16H25NO2/c1-4-5-6-11-17-16(18)10-8-14-7-9-15(19-3)13(2)12-14/h7,9,12H,4-6,8,10-11H2,1-3H3,(H,17,18). The van der Waals surface area contributed by atoms with Crippen LogP contribution in [0.2, 0.25) is 0 Å². The topological polar surface area (TPSA) is 38.3 Å². The predicted octanol–water partition coefficient (Wildman–Crippen LogP) is 3.24. The van der Waals surface area contributed by atoms with Crippen LogP contribution in [0.1, 0.15) is 43.7 Å². The van der Waals surface area contributed by atoms with E-state index in [1.165, 1.54) is 18.4 Å². The molecule has 0 heterocycles. The molecule has 0 aliphatic heterocycles. The van der Waals surface area contributed by atoms with Crippen molar-refractivity contribution in [2.75, 3.05) is 13.7 Å². The molecule has 1 N–H and O–H groups in total. The zero-order valence-corrected chi connectivity index (χ0v) is 12.3. The molecular formula is C16H25NO2. The van der Waals surface area contributed by atoms with Crippen LogP contribution in [0, 0.1) is 6.92 Å². The molecule has 0 spiro atoms. The van der Waals surface area contributed by atoms with Gasteiger partial charge in [-0.1, -0.05) is 31.9 Å². The number of aryl methyl sites for hydroxylation is 2. The summed E-state index contributed by atoms with van der Waals surface area (Å²) in [7, 11) is 1.67. The lowest BCUT2D eigenvalue weighted by Crippen LogP contribution is -2.24. The first-order valence-corrected chi connectivity index (χ1v) is 7.07. The Morgan fingerprint density at radius 1 is 1.32 bits per heavy atom. The number of ether oxygens (including phenoxy) is 1. The molecule has 0 aliphatic carbocycles. The van der Waals surface area contributed by atoms with E-state index in [2.05, 4.69) is 18.3 Å². The second-order valence-electron chi connectivity index (χ2n) is 4.86. The number of methoxy groups -OCH3 is 1. The molecule has 0 unspecified atom stereocenters. The monoisotopic (exact) mass is 263 g/mol. The molecule has 1 aromatic rings. The summed E-state index contributed by atoms with van der Waals surface area (Å²) in [4.78, 5) is 11.7. The fourth-order valence-corrected chi connectivity index (χ4v) is 2.05. The third kappa shape index (κ3) is 5.77. The van der Waals surface area contributed by atoms with Gasteiger partial charge in [-0.25, -0.2) is 0 Å². The third-order valence-corrected chi connectivity index (χ3v) is 3.20. The van der Waals surface area contributed by atoms with Gasteiger partial charge < -0.3 is 10.1 Å². The summed E-state index contributed by atoms with van der Waals surface area (Å²) in [5, 5.41) is 2.96. The van der Waals surface area contributed by atoms with Gasteiger partial charge in [0.2, 0.25) is 5.91 Å². The molecule has 106 valence electrons. The van der Waals surface area contributed by atoms with E-state index in [1.807, 2.05) is 19.1 Å². The average molecular weight is 263 g/mol. The summed E-state index contributed by atoms with van der Waals surface area (Å²) < 4.78 is 5.22. The fourth-order valence-electron chi connectivity index (χ4n) is 2.05. The highest BCUT2D eigenvalue weighted by Gasteiger charge is 2.04. The smallest absolute Gasteiger partial charge is 0.220 e. The van der Waals surface area contributed by atoms with Gasteiger partial charge >= 0.3 is 0 Å². The van der Waals surface area contributed by atoms with E-state index in [-0.39, 0.29) is 5.91 Å². The molecule has 0 saturated heterocycles. The van der Waals surface area contributed by atoms with E-state index in [0.717, 1.165) is 30.7 Å². The summed E-state index contributed by atoms with van der Waals surface area (Å²) in [6.45, 7) is 4.98. The van der Waals surface area contributed by atoms with Crippen molar-refractivity contribution in [3.63, 3.8) is 0 Å². The Balaban J connectivity index is 2.32. The quantitative estimate of drug-likeness (QED) is 0.731. The fraction of sp³-hybridized carbons (Fsp3) is 0.562. The summed E-state index contributed by atoms with van der Waals surface area (Å²) in [5.74, 6) is 1.04. The average Bonchev–Trinajstić information content (AvgIpc) is 2.41. The second-order valence-corrected chi connectivity index (χ2v) is 4.86. The van der Waals surface area contributed by atoms with Gasteiger partial charge in [-0.15, -0.1) is 0 Å². The highest BCUT2D eigenvalue weighted by atomic mass is 16.5. The summed E-state index contributed by atoms with van der Waals surface area (Å²) in [6, 6.07) is 6.07. The van der Waals surface area contributed by atoms with Crippen molar-refractivity contribution in [2.45, 2.75) is 46.0 Å². The number of rotatable bonds is 8. The summed E-state index contributed by atoms with van der Waals surface area (Å²) in [5.41, 5.74) is 2.30. The Morgan fingerprint density at radius 2 is 2.11 bits per heavy atom. The van der Waals surface area contributed by atoms with Crippen molar-refractivity contribution >= 4 is 5.91 Å². The number of amides is 1. The van der Waals surface area contributed by atoms with Crippen molar-refractivity contribution in [3.8, 4) is 5.75 Å². The minimum atomic E-state index is 0.143. The molecule has 3 heteroatoms. The summed E-state index contributed by atoms with van der Waals surface area (Å²) >= 11 is 0. The first-order valence-electron chi connectivity index (χ1n) is 7.07. The molecule has 19 heavy (non-hydrogen) atoms. The maximum atomic E-state index is 11.7. The van der Waals surface area contributed by atoms with Crippen LogP contribution in [0.25, 0.3) is 0 Å². The SMILES string of the molecule is CCCCCNC(=O)CCc1ccc(OC)c(C)c1. The van der Waals surface area contributed by atoms with Crippen molar-refractivity contribution in [1.29, 1.82) is 0 Å². The van der Waals surface area contributed by atoms with Gasteiger partial charge in [0.05, 0.1) is 7.11 Å². The van der Waals surface area contributed by atoms with E-state index >= 15 is 0 Å². The predicted molar refractivity (Wildman–Crippen MR) is 78.6 cm³/mol. The van der Waals surface area contributed by atoms with E-state index < -0.39 is 0 Å². The van der Waals surface area contributed by atoms with Crippen LogP contribution in [-0.4, -0.2) is 19.6 Å². The third-order valence-electron chi connectivity index (χ3n) is 3.20. The van der Waals surface area contributed by atoms with E-state index in [9.17, 15) is 4.79 Å². The maximum absolute atomic E-state index is 11.7. The Hall–Kier alpha value is -1.51. The first kappa shape index (κ1) is 15.5. The van der Waals surface area contributed by atoms with Gasteiger partial charge in [0, 0.05) is 13.0 Å². The van der Waals surface area contributed by atoms with Crippen LogP contribution in [0.4, 0.5) is 0 Å². The first-order chi connectivity index (χ1) is 9.17. The van der Waals surface area contributed by atoms with Gasteiger partial charge in [0.1, 0.15) is 5.75 Å². The Labute approximate surface area is 116 Å². The molecule has 0 aromatic heterocycles. The second kappa shape index (κ2) is 8.57. The van der Waals surface area contributed by atoms with Crippen molar-refractivity contribution in [2.24, 2.45) is 0 Å². The Morgan fingerprint density at radius 3 is 2.74 bits per heavy atom. The van der Waals surface area contributed by atoms with E-state index in [0.29, 0.717) is 6.42 Å². The number of hydrogen-bond acceptors (Lipinski definition) is 2. The molecular weight excluding hydrogens is 238 g/mol. The number of carbonyl (C=O) groups excluding carboxylic acids is 1. The minimum absolute atomic E-state index is 0.143. The van der Waals surface area contributed by atoms with Crippen LogP contribution >= 0.6 is 0 Å². The van der Waals surface area contributed by atoms with Crippen LogP contribution in [0.5, 0.6) is 5.75 Å². The van der Waals surface area contributed by atoms with Gasteiger partial charge in [-0.3, -0.25) is 4.79 Å².